The van der Waals surface area contributed by atoms with Crippen LogP contribution < -0.4 is 9.80 Å². The summed E-state index contributed by atoms with van der Waals surface area (Å²) < 4.78 is 0. The highest BCUT2D eigenvalue weighted by molar-refractivity contribution is 6.10. The fourth-order valence-electron chi connectivity index (χ4n) is 5.34. The zero-order valence-corrected chi connectivity index (χ0v) is 21.1. The number of amides is 1. The van der Waals surface area contributed by atoms with Gasteiger partial charge in [0.05, 0.1) is 0 Å². The van der Waals surface area contributed by atoms with Crippen molar-refractivity contribution in [2.45, 2.75) is 18.8 Å². The van der Waals surface area contributed by atoms with Crippen LogP contribution in [0.5, 0.6) is 0 Å². The lowest BCUT2D eigenvalue weighted by Gasteiger charge is -2.38. The number of halogens is 2. The molecule has 1 saturated heterocycles. The summed E-state index contributed by atoms with van der Waals surface area (Å²) in [5.41, 5.74) is 3.93. The lowest BCUT2D eigenvalue weighted by Crippen LogP contribution is -2.49. The summed E-state index contributed by atoms with van der Waals surface area (Å²) in [5, 5.41) is 0. The molecule has 2 aromatic carbocycles. The molecule has 5 rings (SSSR count). The zero-order chi connectivity index (χ0) is 22.0. The lowest BCUT2D eigenvalue weighted by molar-refractivity contribution is -0.122. The van der Waals surface area contributed by atoms with E-state index in [0.717, 1.165) is 56.0 Å². The van der Waals surface area contributed by atoms with E-state index in [9.17, 15) is 4.79 Å². The van der Waals surface area contributed by atoms with E-state index in [-0.39, 0.29) is 30.7 Å². The van der Waals surface area contributed by atoms with E-state index >= 15 is 0 Å². The number of nitrogens with zero attached hydrogens (tertiary/aromatic N) is 4. The van der Waals surface area contributed by atoms with Crippen molar-refractivity contribution in [3.05, 3.63) is 90.3 Å². The average Bonchev–Trinajstić information content (AvgIpc) is 3.12. The minimum Gasteiger partial charge on any atom is -0.369 e. The molecular formula is C27H32Cl2N4O. The first-order valence-electron chi connectivity index (χ1n) is 11.6. The number of hydrogen-bond acceptors (Lipinski definition) is 4. The zero-order valence-electron chi connectivity index (χ0n) is 19.5. The number of anilines is 2. The molecule has 180 valence electrons. The van der Waals surface area contributed by atoms with Gasteiger partial charge in [-0.2, -0.15) is 0 Å². The minimum atomic E-state index is -0.615. The molecule has 0 saturated carbocycles. The monoisotopic (exact) mass is 498 g/mol. The molecule has 2 aliphatic heterocycles. The maximum Gasteiger partial charge on any atom is 0.242 e. The summed E-state index contributed by atoms with van der Waals surface area (Å²) in [6.07, 6.45) is 4.50. The van der Waals surface area contributed by atoms with E-state index in [0.29, 0.717) is 6.54 Å². The Bertz CT molecular complexity index is 1070. The van der Waals surface area contributed by atoms with E-state index in [4.69, 9.17) is 0 Å². The number of hydrogen-bond donors (Lipinski definition) is 0. The molecule has 1 atom stereocenters. The van der Waals surface area contributed by atoms with Crippen LogP contribution in [0.15, 0.2) is 79.1 Å². The maximum absolute atomic E-state index is 13.9. The average molecular weight is 499 g/mol. The second-order valence-electron chi connectivity index (χ2n) is 8.62. The molecule has 7 heteroatoms. The third-order valence-corrected chi connectivity index (χ3v) is 7.05. The van der Waals surface area contributed by atoms with Gasteiger partial charge in [0.1, 0.15) is 5.41 Å². The molecule has 3 heterocycles. The smallest absolute Gasteiger partial charge is 0.242 e. The van der Waals surface area contributed by atoms with E-state index in [2.05, 4.69) is 76.3 Å². The third kappa shape index (κ3) is 4.52. The Labute approximate surface area is 214 Å². The van der Waals surface area contributed by atoms with Gasteiger partial charge in [0.25, 0.3) is 0 Å². The number of fused-ring (bicyclic) bond motifs is 1. The molecule has 1 amide bonds. The number of likely N-dealkylation sites (N-methyl/N-ethyl adjacent to an activating group) is 1. The van der Waals surface area contributed by atoms with Gasteiger partial charge in [-0.25, -0.2) is 0 Å². The van der Waals surface area contributed by atoms with Crippen molar-refractivity contribution < 1.29 is 4.79 Å². The number of rotatable bonds is 6. The molecule has 1 unspecified atom stereocenters. The van der Waals surface area contributed by atoms with Crippen molar-refractivity contribution in [2.75, 3.05) is 49.1 Å². The number of carbonyl (C=O) groups is 1. The van der Waals surface area contributed by atoms with Crippen LogP contribution in [0.3, 0.4) is 0 Å². The van der Waals surface area contributed by atoms with Crippen LogP contribution in [0.2, 0.25) is 0 Å². The molecule has 2 aliphatic rings. The quantitative estimate of drug-likeness (QED) is 0.489. The van der Waals surface area contributed by atoms with Gasteiger partial charge in [-0.1, -0.05) is 48.5 Å². The second kappa shape index (κ2) is 11.2. The van der Waals surface area contributed by atoms with Crippen molar-refractivity contribution >= 4 is 42.1 Å². The molecule has 34 heavy (non-hydrogen) atoms. The Morgan fingerprint density at radius 3 is 2.18 bits per heavy atom. The van der Waals surface area contributed by atoms with Gasteiger partial charge in [-0.05, 0) is 49.2 Å². The molecule has 0 aliphatic carbocycles. The summed E-state index contributed by atoms with van der Waals surface area (Å²) in [7, 11) is 0. The van der Waals surface area contributed by atoms with Crippen LogP contribution in [-0.2, 0) is 10.2 Å². The van der Waals surface area contributed by atoms with Gasteiger partial charge in [0.2, 0.25) is 5.91 Å². The summed E-state index contributed by atoms with van der Waals surface area (Å²) in [4.78, 5) is 24.9. The first-order chi connectivity index (χ1) is 15.7. The SMILES string of the molecule is CCN1C(=O)C(CCN2CCN(c3ccncc3)CC2)(c2ccccc2)c2ccccc21.Cl.Cl. The molecule has 0 spiro atoms. The van der Waals surface area contributed by atoms with Crippen molar-refractivity contribution in [3.63, 3.8) is 0 Å². The summed E-state index contributed by atoms with van der Waals surface area (Å²) in [6, 6.07) is 22.9. The Kier molecular flexibility index (Phi) is 8.58. The van der Waals surface area contributed by atoms with Crippen molar-refractivity contribution in [1.29, 1.82) is 0 Å². The molecule has 1 aromatic heterocycles. The van der Waals surface area contributed by atoms with E-state index in [1.807, 2.05) is 29.4 Å². The molecular weight excluding hydrogens is 467 g/mol. The largest absolute Gasteiger partial charge is 0.369 e. The van der Waals surface area contributed by atoms with Crippen LogP contribution in [-0.4, -0.2) is 55.1 Å². The molecule has 3 aromatic rings. The predicted molar refractivity (Wildman–Crippen MR) is 144 cm³/mol. The number of carbonyl (C=O) groups excluding carboxylic acids is 1. The molecule has 0 N–H and O–H groups in total. The third-order valence-electron chi connectivity index (χ3n) is 7.05. The van der Waals surface area contributed by atoms with E-state index in [1.54, 1.807) is 0 Å². The van der Waals surface area contributed by atoms with Gasteiger partial charge in [-0.15, -0.1) is 24.8 Å². The van der Waals surface area contributed by atoms with Crippen LogP contribution >= 0.6 is 24.8 Å². The van der Waals surface area contributed by atoms with E-state index in [1.165, 1.54) is 5.69 Å². The highest BCUT2D eigenvalue weighted by atomic mass is 35.5. The highest BCUT2D eigenvalue weighted by Crippen LogP contribution is 2.48. The van der Waals surface area contributed by atoms with Gasteiger partial charge in [0.15, 0.2) is 0 Å². The maximum atomic E-state index is 13.9. The fourth-order valence-corrected chi connectivity index (χ4v) is 5.34. The predicted octanol–water partition coefficient (Wildman–Crippen LogP) is 4.79. The summed E-state index contributed by atoms with van der Waals surface area (Å²) in [6.45, 7) is 7.64. The Morgan fingerprint density at radius 1 is 0.853 bits per heavy atom. The minimum absolute atomic E-state index is 0. The first kappa shape index (κ1) is 26.0. The summed E-state index contributed by atoms with van der Waals surface area (Å²) in [5.74, 6) is 0.211. The standard InChI is InChI=1S/C27H30N4O.2ClH/c1-2-31-25-11-7-6-10-24(25)27(26(31)32,22-8-4-3-5-9-22)14-17-29-18-20-30(21-19-29)23-12-15-28-16-13-23;;/h3-13,15-16H,2,14,17-21H2,1H3;2*1H. The number of piperazine rings is 1. The van der Waals surface area contributed by atoms with Crippen molar-refractivity contribution in [3.8, 4) is 0 Å². The number of aromatic nitrogens is 1. The lowest BCUT2D eigenvalue weighted by atomic mass is 9.72. The van der Waals surface area contributed by atoms with Crippen LogP contribution in [0.4, 0.5) is 11.4 Å². The van der Waals surface area contributed by atoms with Gasteiger partial charge >= 0.3 is 0 Å². The molecule has 0 radical (unpaired) electrons. The van der Waals surface area contributed by atoms with Gasteiger partial charge in [-0.3, -0.25) is 14.7 Å². The Hall–Kier alpha value is -2.60. The van der Waals surface area contributed by atoms with Crippen LogP contribution in [0, 0.1) is 0 Å². The first-order valence-corrected chi connectivity index (χ1v) is 11.6. The van der Waals surface area contributed by atoms with Gasteiger partial charge < -0.3 is 9.80 Å². The number of pyridine rings is 1. The number of para-hydroxylation sites is 1. The number of benzene rings is 2. The van der Waals surface area contributed by atoms with Crippen LogP contribution in [0.25, 0.3) is 0 Å². The second-order valence-corrected chi connectivity index (χ2v) is 8.62. The molecule has 1 fully saturated rings. The Balaban J connectivity index is 0.00000162. The fraction of sp³-hybridized carbons (Fsp3) is 0.333. The van der Waals surface area contributed by atoms with E-state index < -0.39 is 5.41 Å². The Morgan fingerprint density at radius 2 is 1.50 bits per heavy atom. The van der Waals surface area contributed by atoms with Crippen molar-refractivity contribution in [2.24, 2.45) is 0 Å². The van der Waals surface area contributed by atoms with Gasteiger partial charge in [0, 0.05) is 56.5 Å². The summed E-state index contributed by atoms with van der Waals surface area (Å²) >= 11 is 0. The molecule has 0 bridgehead atoms. The normalized spacial score (nSPS) is 19.9. The topological polar surface area (TPSA) is 39.7 Å². The highest BCUT2D eigenvalue weighted by Gasteiger charge is 2.51. The molecule has 5 nitrogen and oxygen atoms in total. The van der Waals surface area contributed by atoms with Crippen LogP contribution in [0.1, 0.15) is 24.5 Å². The van der Waals surface area contributed by atoms with Crippen molar-refractivity contribution in [1.82, 2.24) is 9.88 Å².